The van der Waals surface area contributed by atoms with Gasteiger partial charge in [0.05, 0.1) is 10.5 Å². The first-order chi connectivity index (χ1) is 9.80. The summed E-state index contributed by atoms with van der Waals surface area (Å²) >= 11 is 0. The molecule has 1 aliphatic rings. The highest BCUT2D eigenvalue weighted by Crippen LogP contribution is 2.28. The standard InChI is InChI=1S/C13H17N3O5/c1-13(19)3-2-5-15(6-4-13)11-10(12(17)18)7-9(8-14-11)16(20)21/h7-8,19H,2-6H2,1H3,(H,17,18). The molecule has 0 bridgehead atoms. The number of carboxylic acids is 1. The lowest BCUT2D eigenvalue weighted by molar-refractivity contribution is -0.385. The molecule has 1 fully saturated rings. The van der Waals surface area contributed by atoms with Gasteiger partial charge in [0.1, 0.15) is 17.6 Å². The van der Waals surface area contributed by atoms with E-state index >= 15 is 0 Å². The van der Waals surface area contributed by atoms with E-state index in [1.807, 2.05) is 0 Å². The Balaban J connectivity index is 2.34. The van der Waals surface area contributed by atoms with Crippen molar-refractivity contribution in [2.24, 2.45) is 0 Å². The first-order valence-electron chi connectivity index (χ1n) is 6.65. The summed E-state index contributed by atoms with van der Waals surface area (Å²) in [6.07, 6.45) is 2.87. The van der Waals surface area contributed by atoms with Crippen LogP contribution in [0.1, 0.15) is 36.5 Å². The molecule has 1 aliphatic heterocycles. The van der Waals surface area contributed by atoms with Gasteiger partial charge in [-0.15, -0.1) is 0 Å². The third-order valence-corrected chi connectivity index (χ3v) is 3.66. The number of hydrogen-bond donors (Lipinski definition) is 2. The summed E-state index contributed by atoms with van der Waals surface area (Å²) in [5.74, 6) is -1.04. The van der Waals surface area contributed by atoms with Crippen molar-refractivity contribution in [2.45, 2.75) is 31.8 Å². The molecule has 8 nitrogen and oxygen atoms in total. The molecule has 1 aromatic rings. The molecule has 1 unspecified atom stereocenters. The fourth-order valence-electron chi connectivity index (χ4n) is 2.43. The number of rotatable bonds is 3. The van der Waals surface area contributed by atoms with E-state index in [2.05, 4.69) is 4.98 Å². The second kappa shape index (κ2) is 5.65. The molecule has 0 radical (unpaired) electrons. The molecule has 0 saturated carbocycles. The summed E-state index contributed by atoms with van der Waals surface area (Å²) in [6, 6.07) is 1.02. The van der Waals surface area contributed by atoms with Crippen LogP contribution in [0.3, 0.4) is 0 Å². The van der Waals surface area contributed by atoms with E-state index < -0.39 is 16.5 Å². The maximum absolute atomic E-state index is 11.3. The SMILES string of the molecule is CC1(O)CCCN(c2ncc([N+](=O)[O-])cc2C(=O)O)CC1. The Kier molecular flexibility index (Phi) is 4.08. The Morgan fingerprint density at radius 1 is 1.48 bits per heavy atom. The smallest absolute Gasteiger partial charge is 0.339 e. The van der Waals surface area contributed by atoms with E-state index in [1.165, 1.54) is 0 Å². The number of aromatic carboxylic acids is 1. The lowest BCUT2D eigenvalue weighted by Crippen LogP contribution is -2.30. The van der Waals surface area contributed by atoms with Crippen molar-refractivity contribution in [3.63, 3.8) is 0 Å². The Morgan fingerprint density at radius 3 is 2.81 bits per heavy atom. The van der Waals surface area contributed by atoms with Crippen LogP contribution < -0.4 is 4.90 Å². The van der Waals surface area contributed by atoms with E-state index in [0.29, 0.717) is 32.4 Å². The predicted molar refractivity (Wildman–Crippen MR) is 74.5 cm³/mol. The normalized spacial score (nSPS) is 22.7. The van der Waals surface area contributed by atoms with Gasteiger partial charge >= 0.3 is 5.97 Å². The Bertz CT molecular complexity index is 573. The lowest BCUT2D eigenvalue weighted by atomic mass is 9.98. The minimum atomic E-state index is -1.25. The monoisotopic (exact) mass is 295 g/mol. The zero-order chi connectivity index (χ0) is 15.6. The summed E-state index contributed by atoms with van der Waals surface area (Å²) < 4.78 is 0. The summed E-state index contributed by atoms with van der Waals surface area (Å²) in [4.78, 5) is 27.1. The van der Waals surface area contributed by atoms with Gasteiger partial charge in [-0.05, 0) is 26.2 Å². The first kappa shape index (κ1) is 15.2. The summed E-state index contributed by atoms with van der Waals surface area (Å²) in [5.41, 5.74) is -1.32. The Labute approximate surface area is 121 Å². The first-order valence-corrected chi connectivity index (χ1v) is 6.65. The third kappa shape index (κ3) is 3.46. The number of carboxylic acid groups (broad SMARTS) is 1. The van der Waals surface area contributed by atoms with E-state index in [-0.39, 0.29) is 17.1 Å². The van der Waals surface area contributed by atoms with Gasteiger partial charge in [0.25, 0.3) is 5.69 Å². The molecule has 2 rings (SSSR count). The van der Waals surface area contributed by atoms with Gasteiger partial charge < -0.3 is 15.1 Å². The van der Waals surface area contributed by atoms with E-state index in [9.17, 15) is 25.1 Å². The zero-order valence-electron chi connectivity index (χ0n) is 11.7. The summed E-state index contributed by atoms with van der Waals surface area (Å²) in [6.45, 7) is 2.76. The van der Waals surface area contributed by atoms with Crippen LogP contribution in [0.25, 0.3) is 0 Å². The van der Waals surface area contributed by atoms with Gasteiger partial charge in [-0.1, -0.05) is 0 Å². The van der Waals surface area contributed by atoms with Crippen LogP contribution in [-0.2, 0) is 0 Å². The van der Waals surface area contributed by atoms with Crippen LogP contribution in [-0.4, -0.2) is 44.8 Å². The van der Waals surface area contributed by atoms with Crippen molar-refractivity contribution < 1.29 is 19.9 Å². The average Bonchev–Trinajstić information content (AvgIpc) is 2.59. The molecular weight excluding hydrogens is 278 g/mol. The maximum atomic E-state index is 11.3. The second-order valence-corrected chi connectivity index (χ2v) is 5.46. The number of hydrogen-bond acceptors (Lipinski definition) is 6. The van der Waals surface area contributed by atoms with Gasteiger partial charge in [0.15, 0.2) is 0 Å². The van der Waals surface area contributed by atoms with E-state index in [0.717, 1.165) is 12.3 Å². The molecule has 2 heterocycles. The fourth-order valence-corrected chi connectivity index (χ4v) is 2.43. The van der Waals surface area contributed by atoms with Crippen LogP contribution in [0.15, 0.2) is 12.3 Å². The van der Waals surface area contributed by atoms with Crippen molar-refractivity contribution >= 4 is 17.5 Å². The van der Waals surface area contributed by atoms with Gasteiger partial charge in [-0.3, -0.25) is 10.1 Å². The van der Waals surface area contributed by atoms with Crippen molar-refractivity contribution in [1.82, 2.24) is 4.98 Å². The number of pyridine rings is 1. The van der Waals surface area contributed by atoms with Crippen LogP contribution >= 0.6 is 0 Å². The number of aromatic nitrogens is 1. The third-order valence-electron chi connectivity index (χ3n) is 3.66. The van der Waals surface area contributed by atoms with E-state index in [4.69, 9.17) is 0 Å². The highest BCUT2D eigenvalue weighted by Gasteiger charge is 2.28. The number of carbonyl (C=O) groups is 1. The highest BCUT2D eigenvalue weighted by molar-refractivity contribution is 5.94. The van der Waals surface area contributed by atoms with Gasteiger partial charge in [-0.2, -0.15) is 0 Å². The topological polar surface area (TPSA) is 117 Å². The fraction of sp³-hybridized carbons (Fsp3) is 0.538. The maximum Gasteiger partial charge on any atom is 0.339 e. The quantitative estimate of drug-likeness (QED) is 0.639. The molecule has 2 N–H and O–H groups in total. The van der Waals surface area contributed by atoms with Crippen LogP contribution in [0.5, 0.6) is 0 Å². The predicted octanol–water partition coefficient (Wildman–Crippen LogP) is 1.43. The Morgan fingerprint density at radius 2 is 2.19 bits per heavy atom. The summed E-state index contributed by atoms with van der Waals surface area (Å²) in [5, 5.41) is 30.0. The minimum Gasteiger partial charge on any atom is -0.478 e. The highest BCUT2D eigenvalue weighted by atomic mass is 16.6. The molecule has 0 aromatic carbocycles. The van der Waals surface area contributed by atoms with Crippen LogP contribution in [0, 0.1) is 10.1 Å². The number of nitro groups is 1. The molecule has 0 aliphatic carbocycles. The van der Waals surface area contributed by atoms with Gasteiger partial charge in [-0.25, -0.2) is 9.78 Å². The molecule has 8 heteroatoms. The molecule has 21 heavy (non-hydrogen) atoms. The largest absolute Gasteiger partial charge is 0.478 e. The van der Waals surface area contributed by atoms with Crippen molar-refractivity contribution in [2.75, 3.05) is 18.0 Å². The molecule has 1 saturated heterocycles. The van der Waals surface area contributed by atoms with Crippen molar-refractivity contribution in [1.29, 1.82) is 0 Å². The number of anilines is 1. The van der Waals surface area contributed by atoms with Crippen LogP contribution in [0.2, 0.25) is 0 Å². The molecule has 1 aromatic heterocycles. The molecule has 0 spiro atoms. The molecule has 114 valence electrons. The zero-order valence-corrected chi connectivity index (χ0v) is 11.7. The summed E-state index contributed by atoms with van der Waals surface area (Å²) in [7, 11) is 0. The molecule has 1 atom stereocenters. The lowest BCUT2D eigenvalue weighted by Gasteiger charge is -2.24. The van der Waals surface area contributed by atoms with Gasteiger partial charge in [0.2, 0.25) is 0 Å². The van der Waals surface area contributed by atoms with E-state index in [1.54, 1.807) is 11.8 Å². The molecule has 0 amide bonds. The van der Waals surface area contributed by atoms with Crippen LogP contribution in [0.4, 0.5) is 11.5 Å². The van der Waals surface area contributed by atoms with Gasteiger partial charge in [0, 0.05) is 19.2 Å². The number of aliphatic hydroxyl groups is 1. The Hall–Kier alpha value is -2.22. The minimum absolute atomic E-state index is 0.189. The second-order valence-electron chi connectivity index (χ2n) is 5.46. The molecular formula is C13H17N3O5. The van der Waals surface area contributed by atoms with Crippen molar-refractivity contribution in [3.8, 4) is 0 Å². The average molecular weight is 295 g/mol. The number of nitrogens with zero attached hydrogens (tertiary/aromatic N) is 3. The van der Waals surface area contributed by atoms with Crippen molar-refractivity contribution in [3.05, 3.63) is 27.9 Å².